The van der Waals surface area contributed by atoms with Crippen molar-refractivity contribution >= 4 is 34.6 Å². The van der Waals surface area contributed by atoms with Gasteiger partial charge in [-0.3, -0.25) is 0 Å². The van der Waals surface area contributed by atoms with Crippen molar-refractivity contribution in [1.29, 1.82) is 0 Å². The highest BCUT2D eigenvalue weighted by atomic mass is 35.5. The first kappa shape index (κ1) is 15.0. The lowest BCUT2D eigenvalue weighted by Crippen LogP contribution is -2.11. The largest absolute Gasteiger partial charge is 0.381 e. The summed E-state index contributed by atoms with van der Waals surface area (Å²) >= 11 is 12.3. The average molecular weight is 309 g/mol. The molecule has 0 saturated carbocycles. The van der Waals surface area contributed by atoms with Gasteiger partial charge in [-0.15, -0.1) is 0 Å². The minimum Gasteiger partial charge on any atom is -0.381 e. The van der Waals surface area contributed by atoms with E-state index in [-0.39, 0.29) is 0 Å². The zero-order valence-electron chi connectivity index (χ0n) is 11.9. The first-order valence-electron chi connectivity index (χ1n) is 6.44. The highest BCUT2D eigenvalue weighted by molar-refractivity contribution is 6.36. The summed E-state index contributed by atoms with van der Waals surface area (Å²) in [5.41, 5.74) is 4.41. The van der Waals surface area contributed by atoms with Crippen molar-refractivity contribution in [1.82, 2.24) is 0 Å². The highest BCUT2D eigenvalue weighted by Gasteiger charge is 2.06. The van der Waals surface area contributed by atoms with Gasteiger partial charge in [0.2, 0.25) is 0 Å². The van der Waals surface area contributed by atoms with E-state index in [1.54, 1.807) is 0 Å². The normalized spacial score (nSPS) is 10.4. The molecule has 0 saturated heterocycles. The number of nitrogens with one attached hydrogen (secondary N) is 1. The summed E-state index contributed by atoms with van der Waals surface area (Å²) in [6.45, 7) is 2.71. The van der Waals surface area contributed by atoms with Crippen LogP contribution in [0.2, 0.25) is 10.0 Å². The fourth-order valence-corrected chi connectivity index (χ4v) is 2.62. The Bertz CT molecular complexity index is 589. The molecule has 2 aromatic carbocycles. The van der Waals surface area contributed by atoms with Crippen molar-refractivity contribution < 1.29 is 0 Å². The smallest absolute Gasteiger partial charge is 0.0470 e. The molecule has 0 radical (unpaired) electrons. The Morgan fingerprint density at radius 2 is 1.70 bits per heavy atom. The van der Waals surface area contributed by atoms with Crippen LogP contribution in [0.5, 0.6) is 0 Å². The van der Waals surface area contributed by atoms with Crippen molar-refractivity contribution in [2.45, 2.75) is 13.5 Å². The molecular formula is C16H18Cl2N2. The van der Waals surface area contributed by atoms with Crippen LogP contribution in [0.3, 0.4) is 0 Å². The highest BCUT2D eigenvalue weighted by Crippen LogP contribution is 2.27. The Balaban J connectivity index is 2.17. The molecule has 4 heteroatoms. The van der Waals surface area contributed by atoms with Gasteiger partial charge >= 0.3 is 0 Å². The predicted molar refractivity (Wildman–Crippen MR) is 89.3 cm³/mol. The van der Waals surface area contributed by atoms with Crippen molar-refractivity contribution in [3.63, 3.8) is 0 Å². The lowest BCUT2D eigenvalue weighted by molar-refractivity contribution is 1.10. The molecule has 20 heavy (non-hydrogen) atoms. The Hall–Kier alpha value is -1.38. The van der Waals surface area contributed by atoms with Gasteiger partial charge < -0.3 is 10.2 Å². The first-order chi connectivity index (χ1) is 9.49. The lowest BCUT2D eigenvalue weighted by atomic mass is 10.1. The molecule has 2 aromatic rings. The fraction of sp³-hybridized carbons (Fsp3) is 0.250. The van der Waals surface area contributed by atoms with Crippen molar-refractivity contribution in [3.8, 4) is 0 Å². The van der Waals surface area contributed by atoms with E-state index in [4.69, 9.17) is 23.2 Å². The predicted octanol–water partition coefficient (Wildman–Crippen LogP) is 4.98. The third-order valence-electron chi connectivity index (χ3n) is 3.22. The van der Waals surface area contributed by atoms with Gasteiger partial charge in [-0.1, -0.05) is 35.3 Å². The monoisotopic (exact) mass is 308 g/mol. The molecule has 0 fully saturated rings. The van der Waals surface area contributed by atoms with Crippen LogP contribution in [0.4, 0.5) is 11.4 Å². The SMILES string of the molecule is Cc1ccc(NCc2c(Cl)cccc2Cl)cc1N(C)C. The van der Waals surface area contributed by atoms with Gasteiger partial charge in [0.05, 0.1) is 0 Å². The van der Waals surface area contributed by atoms with Crippen LogP contribution in [0.1, 0.15) is 11.1 Å². The van der Waals surface area contributed by atoms with E-state index in [1.807, 2.05) is 32.3 Å². The number of aryl methyl sites for hydroxylation is 1. The molecule has 0 heterocycles. The summed E-state index contributed by atoms with van der Waals surface area (Å²) in [7, 11) is 4.08. The quantitative estimate of drug-likeness (QED) is 0.857. The molecule has 106 valence electrons. The lowest BCUT2D eigenvalue weighted by Gasteiger charge is -2.18. The zero-order chi connectivity index (χ0) is 14.7. The molecule has 0 aliphatic carbocycles. The second kappa shape index (κ2) is 6.38. The number of anilines is 2. The summed E-state index contributed by atoms with van der Waals surface area (Å²) in [6.07, 6.45) is 0. The van der Waals surface area contributed by atoms with Crippen LogP contribution in [0.25, 0.3) is 0 Å². The minimum absolute atomic E-state index is 0.606. The molecule has 2 rings (SSSR count). The van der Waals surface area contributed by atoms with Gasteiger partial charge in [0, 0.05) is 47.6 Å². The summed E-state index contributed by atoms with van der Waals surface area (Å²) in [5.74, 6) is 0. The number of halogens is 2. The van der Waals surface area contributed by atoms with Crippen LogP contribution in [-0.2, 0) is 6.54 Å². The maximum absolute atomic E-state index is 6.17. The van der Waals surface area contributed by atoms with Crippen LogP contribution in [0.15, 0.2) is 36.4 Å². The molecule has 0 atom stereocenters. The summed E-state index contributed by atoms with van der Waals surface area (Å²) in [4.78, 5) is 2.10. The molecule has 0 spiro atoms. The molecule has 0 aromatic heterocycles. The maximum Gasteiger partial charge on any atom is 0.0470 e. The Labute approximate surface area is 130 Å². The van der Waals surface area contributed by atoms with Gasteiger partial charge in [0.15, 0.2) is 0 Å². The van der Waals surface area contributed by atoms with Crippen LogP contribution >= 0.6 is 23.2 Å². The Morgan fingerprint density at radius 1 is 1.05 bits per heavy atom. The molecule has 0 aliphatic heterocycles. The molecule has 0 aliphatic rings. The molecule has 0 unspecified atom stereocenters. The molecule has 0 bridgehead atoms. The number of hydrogen-bond acceptors (Lipinski definition) is 2. The number of hydrogen-bond donors (Lipinski definition) is 1. The maximum atomic E-state index is 6.17. The summed E-state index contributed by atoms with van der Waals surface area (Å²) in [5, 5.41) is 4.74. The number of nitrogens with zero attached hydrogens (tertiary/aromatic N) is 1. The van der Waals surface area contributed by atoms with Gasteiger partial charge in [-0.25, -0.2) is 0 Å². The average Bonchev–Trinajstić information content (AvgIpc) is 2.39. The third kappa shape index (κ3) is 3.38. The summed E-state index contributed by atoms with van der Waals surface area (Å²) in [6, 6.07) is 11.8. The van der Waals surface area contributed by atoms with Crippen LogP contribution < -0.4 is 10.2 Å². The van der Waals surface area contributed by atoms with Crippen molar-refractivity contribution in [2.24, 2.45) is 0 Å². The Kier molecular flexibility index (Phi) is 4.79. The van der Waals surface area contributed by atoms with E-state index in [2.05, 4.69) is 35.3 Å². The zero-order valence-corrected chi connectivity index (χ0v) is 13.4. The fourth-order valence-electron chi connectivity index (χ4n) is 2.09. The molecular weight excluding hydrogens is 291 g/mol. The molecule has 1 N–H and O–H groups in total. The van der Waals surface area contributed by atoms with Crippen molar-refractivity contribution in [2.75, 3.05) is 24.3 Å². The topological polar surface area (TPSA) is 15.3 Å². The standard InChI is InChI=1S/C16H18Cl2N2/c1-11-7-8-12(9-16(11)20(2)3)19-10-13-14(17)5-4-6-15(13)18/h4-9,19H,10H2,1-3H3. The van der Waals surface area contributed by atoms with Gasteiger partial charge in [0.25, 0.3) is 0 Å². The molecule has 0 amide bonds. The van der Waals surface area contributed by atoms with Crippen LogP contribution in [-0.4, -0.2) is 14.1 Å². The van der Waals surface area contributed by atoms with Crippen molar-refractivity contribution in [3.05, 3.63) is 57.6 Å². The van der Waals surface area contributed by atoms with E-state index < -0.39 is 0 Å². The van der Waals surface area contributed by atoms with E-state index >= 15 is 0 Å². The van der Waals surface area contributed by atoms with E-state index in [1.165, 1.54) is 11.3 Å². The second-order valence-corrected chi connectivity index (χ2v) is 5.76. The van der Waals surface area contributed by atoms with Gasteiger partial charge in [-0.2, -0.15) is 0 Å². The first-order valence-corrected chi connectivity index (χ1v) is 7.19. The minimum atomic E-state index is 0.606. The van der Waals surface area contributed by atoms with Gasteiger partial charge in [-0.05, 0) is 36.8 Å². The Morgan fingerprint density at radius 3 is 2.30 bits per heavy atom. The van der Waals surface area contributed by atoms with E-state index in [9.17, 15) is 0 Å². The van der Waals surface area contributed by atoms with E-state index in [0.717, 1.165) is 11.3 Å². The molecule has 2 nitrogen and oxygen atoms in total. The van der Waals surface area contributed by atoms with Crippen LogP contribution in [0, 0.1) is 6.92 Å². The third-order valence-corrected chi connectivity index (χ3v) is 3.93. The second-order valence-electron chi connectivity index (χ2n) is 4.95. The summed E-state index contributed by atoms with van der Waals surface area (Å²) < 4.78 is 0. The number of rotatable bonds is 4. The number of benzene rings is 2. The van der Waals surface area contributed by atoms with E-state index in [0.29, 0.717) is 16.6 Å². The van der Waals surface area contributed by atoms with Gasteiger partial charge in [0.1, 0.15) is 0 Å².